The largest absolute Gasteiger partial charge is 0.514 e. The zero-order valence-electron chi connectivity index (χ0n) is 21.1. The highest BCUT2D eigenvalue weighted by molar-refractivity contribution is 5.96. The topological polar surface area (TPSA) is 117 Å². The van der Waals surface area contributed by atoms with Gasteiger partial charge in [0.1, 0.15) is 5.82 Å². The third-order valence-corrected chi connectivity index (χ3v) is 5.03. The Balaban J connectivity index is 1.82. The molecule has 0 saturated carbocycles. The average molecular weight is 482 g/mol. The van der Waals surface area contributed by atoms with E-state index in [4.69, 9.17) is 14.2 Å². The smallest absolute Gasteiger partial charge is 0.493 e. The van der Waals surface area contributed by atoms with Crippen molar-refractivity contribution in [2.45, 2.75) is 40.7 Å². The quantitative estimate of drug-likeness (QED) is 0.477. The Bertz CT molecular complexity index is 1200. The number of ether oxygens (including phenoxy) is 3. The summed E-state index contributed by atoms with van der Waals surface area (Å²) in [5.41, 5.74) is 3.00. The molecule has 0 aliphatic carbocycles. The second-order valence-corrected chi connectivity index (χ2v) is 8.74. The maximum absolute atomic E-state index is 13.1. The lowest BCUT2D eigenvalue weighted by Crippen LogP contribution is -2.30. The number of hydrogen-bond donors (Lipinski definition) is 1. The SMILES string of the molecule is COc1ccnc(C(=O)N[C@@H](C)c2nc(-c3cc(C)cc(C)c3)nn2C)c1OC(=O)OCC(C)C. The molecule has 10 heteroatoms. The van der Waals surface area contributed by atoms with Crippen molar-refractivity contribution >= 4 is 12.1 Å². The first kappa shape index (κ1) is 25.7. The van der Waals surface area contributed by atoms with Gasteiger partial charge in [-0.15, -0.1) is 0 Å². The zero-order valence-corrected chi connectivity index (χ0v) is 21.1. The molecule has 10 nitrogen and oxygen atoms in total. The van der Waals surface area contributed by atoms with Gasteiger partial charge in [-0.3, -0.25) is 9.48 Å². The summed E-state index contributed by atoms with van der Waals surface area (Å²) in [6, 6.07) is 7.07. The summed E-state index contributed by atoms with van der Waals surface area (Å²) < 4.78 is 17.2. The van der Waals surface area contributed by atoms with Gasteiger partial charge in [0.25, 0.3) is 5.91 Å². The maximum atomic E-state index is 13.1. The fourth-order valence-electron chi connectivity index (χ4n) is 3.53. The molecule has 2 aromatic heterocycles. The first-order valence-corrected chi connectivity index (χ1v) is 11.3. The van der Waals surface area contributed by atoms with Gasteiger partial charge in [-0.2, -0.15) is 5.10 Å². The Labute approximate surface area is 204 Å². The molecule has 0 fully saturated rings. The lowest BCUT2D eigenvalue weighted by atomic mass is 10.1. The van der Waals surface area contributed by atoms with Gasteiger partial charge in [-0.1, -0.05) is 31.0 Å². The van der Waals surface area contributed by atoms with Crippen molar-refractivity contribution in [2.75, 3.05) is 13.7 Å². The van der Waals surface area contributed by atoms with Crippen LogP contribution in [-0.2, 0) is 11.8 Å². The fourth-order valence-corrected chi connectivity index (χ4v) is 3.53. The van der Waals surface area contributed by atoms with Crippen LogP contribution >= 0.6 is 0 Å². The lowest BCUT2D eigenvalue weighted by molar-refractivity contribution is 0.0852. The molecule has 0 spiro atoms. The second kappa shape index (κ2) is 11.0. The number of pyridine rings is 1. The van der Waals surface area contributed by atoms with Gasteiger partial charge in [0.2, 0.25) is 5.75 Å². The van der Waals surface area contributed by atoms with E-state index in [0.717, 1.165) is 16.7 Å². The van der Waals surface area contributed by atoms with Crippen molar-refractivity contribution in [1.29, 1.82) is 0 Å². The Kier molecular flexibility index (Phi) is 8.06. The van der Waals surface area contributed by atoms with Crippen molar-refractivity contribution < 1.29 is 23.8 Å². The molecule has 0 aliphatic rings. The van der Waals surface area contributed by atoms with E-state index in [1.807, 2.05) is 39.8 Å². The first-order valence-electron chi connectivity index (χ1n) is 11.3. The maximum Gasteiger partial charge on any atom is 0.514 e. The summed E-state index contributed by atoms with van der Waals surface area (Å²) in [4.78, 5) is 34.0. The Morgan fingerprint density at radius 2 is 1.80 bits per heavy atom. The molecule has 186 valence electrons. The molecule has 0 aliphatic heterocycles. The number of aromatic nitrogens is 4. The first-order chi connectivity index (χ1) is 16.6. The second-order valence-electron chi connectivity index (χ2n) is 8.74. The van der Waals surface area contributed by atoms with Gasteiger partial charge in [0.05, 0.1) is 19.8 Å². The minimum absolute atomic E-state index is 0.116. The molecular weight excluding hydrogens is 450 g/mol. The molecule has 1 amide bonds. The summed E-state index contributed by atoms with van der Waals surface area (Å²) in [6.07, 6.45) is 0.448. The summed E-state index contributed by atoms with van der Waals surface area (Å²) in [5.74, 6) is 0.722. The summed E-state index contributed by atoms with van der Waals surface area (Å²) in [7, 11) is 3.17. The molecule has 0 unspecified atom stereocenters. The molecular formula is C25H31N5O5. The van der Waals surface area contributed by atoms with Crippen LogP contribution < -0.4 is 14.8 Å². The highest BCUT2D eigenvalue weighted by Crippen LogP contribution is 2.30. The zero-order chi connectivity index (χ0) is 25.7. The van der Waals surface area contributed by atoms with Crippen molar-refractivity contribution in [3.8, 4) is 22.9 Å². The van der Waals surface area contributed by atoms with Gasteiger partial charge >= 0.3 is 6.16 Å². The van der Waals surface area contributed by atoms with Crippen LogP contribution in [0, 0.1) is 19.8 Å². The molecule has 1 atom stereocenters. The lowest BCUT2D eigenvalue weighted by Gasteiger charge is -2.16. The molecule has 0 saturated heterocycles. The van der Waals surface area contributed by atoms with E-state index in [-0.39, 0.29) is 29.7 Å². The molecule has 0 radical (unpaired) electrons. The Morgan fingerprint density at radius 3 is 2.43 bits per heavy atom. The van der Waals surface area contributed by atoms with Gasteiger partial charge < -0.3 is 19.5 Å². The van der Waals surface area contributed by atoms with E-state index < -0.39 is 18.1 Å². The van der Waals surface area contributed by atoms with Gasteiger partial charge in [-0.05, 0) is 38.8 Å². The standard InChI is InChI=1S/C25H31N5O5/c1-14(2)13-34-25(32)35-21-19(33-7)8-9-26-20(21)24(31)27-17(5)23-28-22(29-30(23)6)18-11-15(3)10-16(4)12-18/h8-12,14,17H,13H2,1-7H3,(H,27,31)/t17-/m0/s1. The monoisotopic (exact) mass is 481 g/mol. The number of aryl methyl sites for hydroxylation is 3. The number of nitrogens with zero attached hydrogens (tertiary/aromatic N) is 4. The molecule has 2 heterocycles. The van der Waals surface area contributed by atoms with Crippen LogP contribution in [-0.4, -0.2) is 45.5 Å². The number of carbonyl (C=O) groups is 2. The molecule has 1 aromatic carbocycles. The van der Waals surface area contributed by atoms with Crippen LogP contribution in [0.5, 0.6) is 11.5 Å². The summed E-state index contributed by atoms with van der Waals surface area (Å²) in [5, 5.41) is 7.36. The van der Waals surface area contributed by atoms with E-state index in [2.05, 4.69) is 26.4 Å². The van der Waals surface area contributed by atoms with Gasteiger partial charge in [0.15, 0.2) is 17.3 Å². The van der Waals surface area contributed by atoms with Gasteiger partial charge in [0, 0.05) is 24.9 Å². The van der Waals surface area contributed by atoms with Crippen LogP contribution in [0.3, 0.4) is 0 Å². The van der Waals surface area contributed by atoms with Crippen molar-refractivity contribution in [3.05, 3.63) is 53.1 Å². The number of nitrogens with one attached hydrogen (secondary N) is 1. The third kappa shape index (κ3) is 6.34. The van der Waals surface area contributed by atoms with Crippen LogP contribution in [0.25, 0.3) is 11.4 Å². The molecule has 3 aromatic rings. The Hall–Kier alpha value is -3.95. The van der Waals surface area contributed by atoms with Crippen LogP contribution in [0.1, 0.15) is 54.3 Å². The van der Waals surface area contributed by atoms with Crippen LogP contribution in [0.15, 0.2) is 30.5 Å². The van der Waals surface area contributed by atoms with Gasteiger partial charge in [-0.25, -0.2) is 14.8 Å². The predicted octanol–water partition coefficient (Wildman–Crippen LogP) is 4.16. The number of amides is 1. The molecule has 1 N–H and O–H groups in total. The molecule has 0 bridgehead atoms. The predicted molar refractivity (Wildman–Crippen MR) is 129 cm³/mol. The molecule has 3 rings (SSSR count). The normalized spacial score (nSPS) is 11.8. The minimum atomic E-state index is -0.946. The number of rotatable bonds is 8. The highest BCUT2D eigenvalue weighted by atomic mass is 16.7. The molecule has 35 heavy (non-hydrogen) atoms. The third-order valence-electron chi connectivity index (χ3n) is 5.03. The summed E-state index contributed by atoms with van der Waals surface area (Å²) >= 11 is 0. The number of hydrogen-bond acceptors (Lipinski definition) is 8. The number of carbonyl (C=O) groups excluding carboxylic acids is 2. The van der Waals surface area contributed by atoms with E-state index in [9.17, 15) is 9.59 Å². The van der Waals surface area contributed by atoms with E-state index in [1.54, 1.807) is 18.7 Å². The van der Waals surface area contributed by atoms with Crippen molar-refractivity contribution in [3.63, 3.8) is 0 Å². The van der Waals surface area contributed by atoms with E-state index in [1.165, 1.54) is 19.4 Å². The van der Waals surface area contributed by atoms with Crippen molar-refractivity contribution in [2.24, 2.45) is 13.0 Å². The minimum Gasteiger partial charge on any atom is -0.493 e. The van der Waals surface area contributed by atoms with Crippen LogP contribution in [0.4, 0.5) is 4.79 Å². The Morgan fingerprint density at radius 1 is 1.11 bits per heavy atom. The number of benzene rings is 1. The van der Waals surface area contributed by atoms with E-state index >= 15 is 0 Å². The average Bonchev–Trinajstić information content (AvgIpc) is 3.19. The summed E-state index contributed by atoms with van der Waals surface area (Å²) in [6.45, 7) is 9.79. The number of methoxy groups -OCH3 is 1. The van der Waals surface area contributed by atoms with Crippen molar-refractivity contribution in [1.82, 2.24) is 25.1 Å². The van der Waals surface area contributed by atoms with E-state index in [0.29, 0.717) is 11.6 Å². The highest BCUT2D eigenvalue weighted by Gasteiger charge is 2.25. The fraction of sp³-hybridized carbons (Fsp3) is 0.400. The van der Waals surface area contributed by atoms with Crippen LogP contribution in [0.2, 0.25) is 0 Å².